The molecule has 0 aliphatic heterocycles. The molecule has 2 atom stereocenters. The van der Waals surface area contributed by atoms with E-state index < -0.39 is 32.5 Å². The first-order valence-electron chi connectivity index (χ1n) is 28.9. The molecule has 0 N–H and O–H groups in total. The zero-order chi connectivity index (χ0) is 54.2. The molecule has 0 bridgehead atoms. The van der Waals surface area contributed by atoms with E-state index in [0.29, 0.717) is 30.3 Å². The van der Waals surface area contributed by atoms with Crippen LogP contribution in [0.3, 0.4) is 0 Å². The third-order valence-corrected chi connectivity index (χ3v) is 12.6. The van der Waals surface area contributed by atoms with Gasteiger partial charge in [0.2, 0.25) is 0 Å². The average Bonchev–Trinajstić information content (AvgIpc) is 3.36. The van der Waals surface area contributed by atoms with Crippen LogP contribution in [-0.4, -0.2) is 70.0 Å². The molecule has 0 fully saturated rings. The molecule has 0 aromatic heterocycles. The van der Waals surface area contributed by atoms with Gasteiger partial charge in [0, 0.05) is 12.8 Å². The Morgan fingerprint density at radius 2 is 0.743 bits per heavy atom. The Morgan fingerprint density at radius 3 is 1.12 bits per heavy atom. The van der Waals surface area contributed by atoms with Crippen molar-refractivity contribution >= 4 is 19.8 Å². The van der Waals surface area contributed by atoms with Gasteiger partial charge in [0.25, 0.3) is 7.82 Å². The number of likely N-dealkylation sites (N-methyl/N-ethyl adjacent to an activating group) is 1. The summed E-state index contributed by atoms with van der Waals surface area (Å²) < 4.78 is 34.1. The molecule has 0 aliphatic carbocycles. The number of unbranched alkanes of at least 4 members (excludes halogenated alkanes) is 15. The maximum Gasteiger partial charge on any atom is 0.306 e. The van der Waals surface area contributed by atoms with Crippen LogP contribution in [0.15, 0.2) is 134 Å². The Kier molecular flexibility index (Phi) is 51.2. The van der Waals surface area contributed by atoms with Crippen LogP contribution in [0, 0.1) is 0 Å². The van der Waals surface area contributed by atoms with E-state index >= 15 is 0 Å². The van der Waals surface area contributed by atoms with E-state index in [2.05, 4.69) is 141 Å². The topological polar surface area (TPSA) is 111 Å². The number of quaternary nitrogens is 1. The highest BCUT2D eigenvalue weighted by Gasteiger charge is 2.21. The molecule has 0 saturated heterocycles. The third-order valence-electron chi connectivity index (χ3n) is 11.7. The molecule has 9 nitrogen and oxygen atoms in total. The summed E-state index contributed by atoms with van der Waals surface area (Å²) in [6, 6.07) is 0. The summed E-state index contributed by atoms with van der Waals surface area (Å²) in [5, 5.41) is 0. The Morgan fingerprint density at radius 1 is 0.419 bits per heavy atom. The van der Waals surface area contributed by atoms with Gasteiger partial charge in [-0.2, -0.15) is 0 Å². The molecule has 420 valence electrons. The monoisotopic (exact) mass is 1050 g/mol. The highest BCUT2D eigenvalue weighted by Crippen LogP contribution is 2.38. The highest BCUT2D eigenvalue weighted by atomic mass is 31.2. The van der Waals surface area contributed by atoms with Gasteiger partial charge in [0.1, 0.15) is 19.8 Å². The summed E-state index contributed by atoms with van der Waals surface area (Å²) in [6.45, 7) is 3.93. The zero-order valence-corrected chi connectivity index (χ0v) is 48.4. The number of hydrogen-bond acceptors (Lipinski definition) is 8. The average molecular weight is 1050 g/mol. The van der Waals surface area contributed by atoms with Crippen molar-refractivity contribution in [2.45, 2.75) is 213 Å². The van der Waals surface area contributed by atoms with Crippen LogP contribution < -0.4 is 4.89 Å². The number of ether oxygens (including phenoxy) is 2. The van der Waals surface area contributed by atoms with Gasteiger partial charge in [-0.15, -0.1) is 0 Å². The standard InChI is InChI=1S/C64H106NO8P/c1-6-8-10-12-14-16-18-20-22-24-26-28-30-31-32-33-35-36-38-40-42-44-46-48-50-52-54-56-63(66)70-60-62(61-72-74(68,69)71-59-58-65(3,4)5)73-64(67)57-55-53-51-49-47-45-43-41-39-37-34-29-27-25-23-21-19-17-15-13-11-9-7-2/h8-11,14-17,20-23,26-29,37,39,43,45,49,51,62H,6-7,12-13,18-19,24-25,30-36,38,40-42,44,46-48,50,52-61H2,1-5H3/b10-8-,11-9-,16-14-,17-15-,22-20-,23-21-,28-26-,29-27-,39-37-,45-43-,51-49-. The van der Waals surface area contributed by atoms with Crippen molar-refractivity contribution in [3.8, 4) is 0 Å². The number of nitrogens with zero attached hydrogens (tertiary/aromatic N) is 1. The quantitative estimate of drug-likeness (QED) is 0.0195. The molecular formula is C64H106NO8P. The molecule has 0 rings (SSSR count). The molecule has 0 amide bonds. The Labute approximate surface area is 453 Å². The molecule has 0 saturated carbocycles. The Hall–Kier alpha value is -3.85. The second kappa shape index (κ2) is 54.0. The van der Waals surface area contributed by atoms with Gasteiger partial charge in [-0.3, -0.25) is 14.2 Å². The van der Waals surface area contributed by atoms with Crippen LogP contribution in [-0.2, 0) is 32.7 Å². The first-order valence-corrected chi connectivity index (χ1v) is 30.4. The van der Waals surface area contributed by atoms with Crippen LogP contribution >= 0.6 is 7.82 Å². The first kappa shape index (κ1) is 70.1. The predicted molar refractivity (Wildman–Crippen MR) is 314 cm³/mol. The maximum atomic E-state index is 12.8. The van der Waals surface area contributed by atoms with Crippen LogP contribution in [0.2, 0.25) is 0 Å². The smallest absolute Gasteiger partial charge is 0.306 e. The SMILES string of the molecule is CC/C=C\C/C=C\C/C=C\C/C=C\C/C=C\C/C=C\C/C=C\CCCC(=O)OC(COC(=O)CCCCCCCCCCCCCCCC/C=C\C/C=C\C/C=C\C/C=C\CC)COP(=O)([O-])OCC[N+](C)(C)C. The number of allylic oxidation sites excluding steroid dienone is 22. The van der Waals surface area contributed by atoms with Crippen molar-refractivity contribution in [1.82, 2.24) is 0 Å². The minimum absolute atomic E-state index is 0.0490. The van der Waals surface area contributed by atoms with E-state index in [4.69, 9.17) is 18.5 Å². The molecule has 74 heavy (non-hydrogen) atoms. The molecule has 0 heterocycles. The molecule has 0 spiro atoms. The third kappa shape index (κ3) is 57.4. The lowest BCUT2D eigenvalue weighted by atomic mass is 10.0. The van der Waals surface area contributed by atoms with Gasteiger partial charge in [-0.1, -0.05) is 225 Å². The van der Waals surface area contributed by atoms with Crippen molar-refractivity contribution in [2.75, 3.05) is 47.5 Å². The first-order chi connectivity index (χ1) is 36.0. The largest absolute Gasteiger partial charge is 0.756 e. The summed E-state index contributed by atoms with van der Waals surface area (Å²) in [6.07, 6.45) is 77.9. The number of esters is 2. The number of phosphoric ester groups is 1. The maximum absolute atomic E-state index is 12.8. The van der Waals surface area contributed by atoms with Gasteiger partial charge in [-0.05, 0) is 103 Å². The van der Waals surface area contributed by atoms with Gasteiger partial charge in [-0.25, -0.2) is 0 Å². The molecule has 0 aromatic rings. The predicted octanol–water partition coefficient (Wildman–Crippen LogP) is 17.5. The number of carbonyl (C=O) groups is 2. The summed E-state index contributed by atoms with van der Waals surface area (Å²) in [5.41, 5.74) is 0. The summed E-state index contributed by atoms with van der Waals surface area (Å²) >= 11 is 0. The Balaban J connectivity index is 4.27. The molecule has 2 unspecified atom stereocenters. The molecule has 10 heteroatoms. The summed E-state index contributed by atoms with van der Waals surface area (Å²) in [7, 11) is 1.11. The van der Waals surface area contributed by atoms with Crippen LogP contribution in [0.4, 0.5) is 0 Å². The van der Waals surface area contributed by atoms with Crippen molar-refractivity contribution in [3.63, 3.8) is 0 Å². The molecule has 0 radical (unpaired) electrons. The van der Waals surface area contributed by atoms with E-state index in [1.807, 2.05) is 27.2 Å². The van der Waals surface area contributed by atoms with Gasteiger partial charge >= 0.3 is 11.9 Å². The van der Waals surface area contributed by atoms with E-state index in [9.17, 15) is 19.0 Å². The fourth-order valence-electron chi connectivity index (χ4n) is 7.28. The normalized spacial score (nSPS) is 14.3. The lowest BCUT2D eigenvalue weighted by Gasteiger charge is -2.28. The van der Waals surface area contributed by atoms with Crippen molar-refractivity contribution in [3.05, 3.63) is 134 Å². The number of rotatable bonds is 51. The minimum atomic E-state index is -4.66. The van der Waals surface area contributed by atoms with Gasteiger partial charge < -0.3 is 27.9 Å². The lowest BCUT2D eigenvalue weighted by molar-refractivity contribution is -0.870. The van der Waals surface area contributed by atoms with Crippen LogP contribution in [0.1, 0.15) is 206 Å². The Bertz CT molecular complexity index is 1710. The summed E-state index contributed by atoms with van der Waals surface area (Å²) in [4.78, 5) is 37.9. The second-order valence-electron chi connectivity index (χ2n) is 19.9. The van der Waals surface area contributed by atoms with Gasteiger partial charge in [0.05, 0.1) is 27.7 Å². The second-order valence-corrected chi connectivity index (χ2v) is 21.3. The van der Waals surface area contributed by atoms with E-state index in [1.54, 1.807) is 0 Å². The van der Waals surface area contributed by atoms with Gasteiger partial charge in [0.15, 0.2) is 6.10 Å². The highest BCUT2D eigenvalue weighted by molar-refractivity contribution is 7.45. The lowest BCUT2D eigenvalue weighted by Crippen LogP contribution is -2.37. The van der Waals surface area contributed by atoms with E-state index in [0.717, 1.165) is 89.9 Å². The van der Waals surface area contributed by atoms with Crippen molar-refractivity contribution < 1.29 is 42.1 Å². The van der Waals surface area contributed by atoms with E-state index in [1.165, 1.54) is 70.6 Å². The number of phosphoric acid groups is 1. The van der Waals surface area contributed by atoms with E-state index in [-0.39, 0.29) is 26.1 Å². The van der Waals surface area contributed by atoms with Crippen molar-refractivity contribution in [1.29, 1.82) is 0 Å². The van der Waals surface area contributed by atoms with Crippen LogP contribution in [0.5, 0.6) is 0 Å². The zero-order valence-electron chi connectivity index (χ0n) is 47.5. The molecule has 0 aliphatic rings. The molecular weight excluding hydrogens is 942 g/mol. The minimum Gasteiger partial charge on any atom is -0.756 e. The fourth-order valence-corrected chi connectivity index (χ4v) is 8.01. The number of carbonyl (C=O) groups excluding carboxylic acids is 2. The summed E-state index contributed by atoms with van der Waals surface area (Å²) in [5.74, 6) is -0.912. The van der Waals surface area contributed by atoms with Crippen molar-refractivity contribution in [2.24, 2.45) is 0 Å². The fraction of sp³-hybridized carbons (Fsp3) is 0.625. The number of hydrogen-bond donors (Lipinski definition) is 0. The molecule has 0 aromatic carbocycles. The van der Waals surface area contributed by atoms with Crippen LogP contribution in [0.25, 0.3) is 0 Å².